The molecule has 0 radical (unpaired) electrons. The van der Waals surface area contributed by atoms with E-state index < -0.39 is 15.7 Å². The molecule has 1 aliphatic heterocycles. The lowest BCUT2D eigenvalue weighted by atomic mass is 9.85. The molecule has 1 aromatic heterocycles. The highest BCUT2D eigenvalue weighted by molar-refractivity contribution is 7.84. The summed E-state index contributed by atoms with van der Waals surface area (Å²) in [6.45, 7) is 7.19. The second-order valence-corrected chi connectivity index (χ2v) is 11.3. The maximum Gasteiger partial charge on any atom is 0.249 e. The number of aromatic hydroxyl groups is 1. The molecule has 1 saturated heterocycles. The van der Waals surface area contributed by atoms with E-state index in [0.29, 0.717) is 10.6 Å². The number of nitrogens with one attached hydrogen (secondary N) is 2. The van der Waals surface area contributed by atoms with Gasteiger partial charge in [0.1, 0.15) is 5.75 Å². The van der Waals surface area contributed by atoms with E-state index in [1.807, 2.05) is 26.8 Å². The lowest BCUT2D eigenvalue weighted by molar-refractivity contribution is 0.321. The Bertz CT molecular complexity index is 982. The molecule has 9 heteroatoms. The van der Waals surface area contributed by atoms with Crippen LogP contribution >= 0.6 is 23.2 Å². The van der Waals surface area contributed by atoms with Crippen LogP contribution in [-0.2, 0) is 11.0 Å². The van der Waals surface area contributed by atoms with Crippen LogP contribution in [0.15, 0.2) is 35.3 Å². The Morgan fingerprint density at radius 3 is 2.43 bits per heavy atom. The highest BCUT2D eigenvalue weighted by Gasteiger charge is 2.33. The highest BCUT2D eigenvalue weighted by Crippen LogP contribution is 2.40. The zero-order valence-corrected chi connectivity index (χ0v) is 19.6. The number of aromatic nitrogens is 1. The molecule has 2 heterocycles. The zero-order valence-electron chi connectivity index (χ0n) is 17.2. The molecule has 2 atom stereocenters. The number of hydrogen-bond donors (Lipinski definition) is 3. The number of rotatable bonds is 5. The summed E-state index contributed by atoms with van der Waals surface area (Å²) in [6, 6.07) is 6.21. The van der Waals surface area contributed by atoms with Gasteiger partial charge in [0, 0.05) is 42.7 Å². The molecule has 0 unspecified atom stereocenters. The van der Waals surface area contributed by atoms with Crippen LogP contribution in [0.25, 0.3) is 0 Å². The number of phenols is 1. The van der Waals surface area contributed by atoms with E-state index in [-0.39, 0.29) is 28.3 Å². The molecular weight excluding hydrogens is 445 g/mol. The minimum absolute atomic E-state index is 0.0323. The third-order valence-corrected chi connectivity index (χ3v) is 7.63. The first-order valence-corrected chi connectivity index (χ1v) is 11.8. The van der Waals surface area contributed by atoms with Crippen LogP contribution in [0.3, 0.4) is 0 Å². The fourth-order valence-corrected chi connectivity index (χ4v) is 4.86. The van der Waals surface area contributed by atoms with Crippen molar-refractivity contribution in [3.8, 4) is 5.75 Å². The number of anilines is 1. The number of H-pyrrole nitrogens is 1. The Hall–Kier alpha value is -1.54. The molecule has 164 valence electrons. The summed E-state index contributed by atoms with van der Waals surface area (Å²) in [6.07, 6.45) is 3.24. The van der Waals surface area contributed by atoms with E-state index in [4.69, 9.17) is 23.2 Å². The topological polar surface area (TPSA) is 85.4 Å². The Labute approximate surface area is 189 Å². The standard InChI is InChI=1S/C21H27Cl2N3O3S/c1-21(2,3)30(29)25-20(15-11-16(22)17(23)12-18(15)27)13-5-8-26(9-6-13)14-4-7-24-19(28)10-14/h4,7,10-13,20,25,27H,5-6,8-9H2,1-3H3,(H,24,28)/t20-,30+/m1/s1. The SMILES string of the molecule is CC(C)(C)[S@](=O)N[C@@H](c1cc(Cl)c(Cl)cc1O)C1CCN(c2cc[nH]c(=O)c2)CC1. The van der Waals surface area contributed by atoms with Gasteiger partial charge in [-0.2, -0.15) is 0 Å². The second-order valence-electron chi connectivity index (χ2n) is 8.54. The summed E-state index contributed by atoms with van der Waals surface area (Å²) >= 11 is 12.3. The predicted molar refractivity (Wildman–Crippen MR) is 124 cm³/mol. The van der Waals surface area contributed by atoms with Crippen molar-refractivity contribution in [3.63, 3.8) is 0 Å². The molecule has 1 fully saturated rings. The van der Waals surface area contributed by atoms with Gasteiger partial charge in [0.05, 0.1) is 31.8 Å². The van der Waals surface area contributed by atoms with Crippen LogP contribution in [-0.4, -0.2) is 32.1 Å². The van der Waals surface area contributed by atoms with Crippen LogP contribution in [0.1, 0.15) is 45.2 Å². The fourth-order valence-electron chi connectivity index (χ4n) is 3.63. The van der Waals surface area contributed by atoms with E-state index in [1.54, 1.807) is 18.3 Å². The van der Waals surface area contributed by atoms with Crippen molar-refractivity contribution in [2.45, 2.75) is 44.4 Å². The Balaban J connectivity index is 1.85. The van der Waals surface area contributed by atoms with Crippen molar-refractivity contribution >= 4 is 39.9 Å². The van der Waals surface area contributed by atoms with Crippen LogP contribution in [0.2, 0.25) is 10.0 Å². The van der Waals surface area contributed by atoms with Crippen molar-refractivity contribution < 1.29 is 9.32 Å². The van der Waals surface area contributed by atoms with Crippen molar-refractivity contribution in [3.05, 3.63) is 56.4 Å². The van der Waals surface area contributed by atoms with Gasteiger partial charge >= 0.3 is 0 Å². The average molecular weight is 472 g/mol. The lowest BCUT2D eigenvalue weighted by Gasteiger charge is -2.38. The number of benzene rings is 1. The minimum Gasteiger partial charge on any atom is -0.508 e. The third-order valence-electron chi connectivity index (χ3n) is 5.33. The summed E-state index contributed by atoms with van der Waals surface area (Å²) < 4.78 is 15.7. The number of pyridine rings is 1. The van der Waals surface area contributed by atoms with Crippen molar-refractivity contribution in [1.82, 2.24) is 9.71 Å². The maximum absolute atomic E-state index is 12.9. The largest absolute Gasteiger partial charge is 0.508 e. The fraction of sp³-hybridized carbons (Fsp3) is 0.476. The monoisotopic (exact) mass is 471 g/mol. The van der Waals surface area contributed by atoms with Crippen LogP contribution in [0.4, 0.5) is 5.69 Å². The maximum atomic E-state index is 12.9. The number of halogens is 2. The first-order valence-electron chi connectivity index (χ1n) is 9.86. The molecule has 0 aliphatic carbocycles. The van der Waals surface area contributed by atoms with Gasteiger partial charge in [-0.15, -0.1) is 0 Å². The molecule has 2 aromatic rings. The van der Waals surface area contributed by atoms with Gasteiger partial charge in [-0.25, -0.2) is 8.93 Å². The van der Waals surface area contributed by atoms with E-state index in [0.717, 1.165) is 31.6 Å². The van der Waals surface area contributed by atoms with Crippen molar-refractivity contribution in [2.24, 2.45) is 5.92 Å². The van der Waals surface area contributed by atoms with Crippen molar-refractivity contribution in [2.75, 3.05) is 18.0 Å². The molecule has 30 heavy (non-hydrogen) atoms. The molecule has 6 nitrogen and oxygen atoms in total. The van der Waals surface area contributed by atoms with Gasteiger partial charge in [-0.3, -0.25) is 4.79 Å². The van der Waals surface area contributed by atoms with Gasteiger partial charge in [-0.05, 0) is 51.7 Å². The Morgan fingerprint density at radius 2 is 1.83 bits per heavy atom. The van der Waals surface area contributed by atoms with Gasteiger partial charge in [0.2, 0.25) is 5.56 Å². The molecule has 0 spiro atoms. The van der Waals surface area contributed by atoms with Crippen LogP contribution < -0.4 is 15.2 Å². The highest BCUT2D eigenvalue weighted by atomic mass is 35.5. The van der Waals surface area contributed by atoms with E-state index >= 15 is 0 Å². The first-order chi connectivity index (χ1) is 14.1. The molecule has 3 rings (SSSR count). The smallest absolute Gasteiger partial charge is 0.249 e. The summed E-state index contributed by atoms with van der Waals surface area (Å²) in [4.78, 5) is 16.4. The molecule has 1 aromatic carbocycles. The van der Waals surface area contributed by atoms with Gasteiger partial charge in [0.25, 0.3) is 0 Å². The zero-order chi connectivity index (χ0) is 22.1. The van der Waals surface area contributed by atoms with E-state index in [2.05, 4.69) is 14.6 Å². The van der Waals surface area contributed by atoms with Gasteiger partial charge in [0.15, 0.2) is 0 Å². The molecule has 0 saturated carbocycles. The molecular formula is C21H27Cl2N3O3S. The first kappa shape index (κ1) is 23.1. The van der Waals surface area contributed by atoms with Gasteiger partial charge < -0.3 is 15.0 Å². The summed E-state index contributed by atoms with van der Waals surface area (Å²) in [5.41, 5.74) is 1.35. The van der Waals surface area contributed by atoms with Crippen LogP contribution in [0.5, 0.6) is 5.75 Å². The predicted octanol–water partition coefficient (Wildman–Crippen LogP) is 4.40. The van der Waals surface area contributed by atoms with E-state index in [1.165, 1.54) is 6.07 Å². The summed E-state index contributed by atoms with van der Waals surface area (Å²) in [5.74, 6) is 0.155. The second kappa shape index (κ2) is 9.30. The minimum atomic E-state index is -1.33. The van der Waals surface area contributed by atoms with Gasteiger partial charge in [-0.1, -0.05) is 23.2 Å². The number of nitrogens with zero attached hydrogens (tertiary/aromatic N) is 1. The molecule has 3 N–H and O–H groups in total. The number of aromatic amines is 1. The number of phenolic OH excluding ortho intramolecular Hbond substituents is 1. The lowest BCUT2D eigenvalue weighted by Crippen LogP contribution is -2.42. The third kappa shape index (κ3) is 5.38. The molecule has 1 aliphatic rings. The normalized spacial score (nSPS) is 17.7. The Kier molecular flexibility index (Phi) is 7.17. The van der Waals surface area contributed by atoms with E-state index in [9.17, 15) is 14.1 Å². The Morgan fingerprint density at radius 1 is 1.20 bits per heavy atom. The van der Waals surface area contributed by atoms with Crippen LogP contribution in [0, 0.1) is 5.92 Å². The quantitative estimate of drug-likeness (QED) is 0.603. The number of hydrogen-bond acceptors (Lipinski definition) is 4. The summed E-state index contributed by atoms with van der Waals surface area (Å²) in [7, 11) is -1.33. The van der Waals surface area contributed by atoms with Crippen molar-refractivity contribution in [1.29, 1.82) is 0 Å². The number of piperidine rings is 1. The molecule has 0 amide bonds. The molecule has 0 bridgehead atoms. The average Bonchev–Trinajstić information content (AvgIpc) is 2.68. The summed E-state index contributed by atoms with van der Waals surface area (Å²) in [5, 5.41) is 11.2.